The Labute approximate surface area is 166 Å². The van der Waals surface area contributed by atoms with Gasteiger partial charge in [0, 0.05) is 22.4 Å². The van der Waals surface area contributed by atoms with E-state index in [1.165, 1.54) is 0 Å². The van der Waals surface area contributed by atoms with E-state index < -0.39 is 0 Å². The molecule has 0 aliphatic heterocycles. The minimum atomic E-state index is -0.261. The predicted molar refractivity (Wildman–Crippen MR) is 112 cm³/mol. The van der Waals surface area contributed by atoms with Gasteiger partial charge in [-0.2, -0.15) is 5.26 Å². The lowest BCUT2D eigenvalue weighted by Gasteiger charge is -2.12. The van der Waals surface area contributed by atoms with Gasteiger partial charge in [0.05, 0.1) is 16.5 Å². The first kappa shape index (κ1) is 19.1. The predicted octanol–water partition coefficient (Wildman–Crippen LogP) is 4.82. The molecule has 0 aliphatic rings. The third-order valence-corrected chi connectivity index (χ3v) is 5.00. The number of aryl methyl sites for hydroxylation is 1. The Hall–Kier alpha value is -2.65. The number of halogens is 1. The molecule has 0 saturated carbocycles. The molecule has 0 bridgehead atoms. The normalized spacial score (nSPS) is 12.0. The fourth-order valence-corrected chi connectivity index (χ4v) is 3.53. The highest BCUT2D eigenvalue weighted by Crippen LogP contribution is 2.23. The quantitative estimate of drug-likeness (QED) is 0.609. The van der Waals surface area contributed by atoms with Crippen molar-refractivity contribution in [3.8, 4) is 6.07 Å². The third kappa shape index (κ3) is 3.88. The number of nitrogens with one attached hydrogen (secondary N) is 1. The van der Waals surface area contributed by atoms with Gasteiger partial charge in [0.25, 0.3) is 5.56 Å². The standard InChI is InChI=1S/C21H21BrN4O/c1-12(2)11-26-13(3)7-15(14(26)4)8-16(10-23)20-24-19-6-5-17(22)9-18(19)21(27)25-20/h5-9,12H,11H2,1-4H3,(H,24,25,27)/b16-8+. The van der Waals surface area contributed by atoms with Crippen LogP contribution in [0.4, 0.5) is 0 Å². The van der Waals surface area contributed by atoms with Crippen LogP contribution in [0.25, 0.3) is 22.6 Å². The molecule has 0 saturated heterocycles. The molecule has 138 valence electrons. The lowest BCUT2D eigenvalue weighted by molar-refractivity contribution is 0.509. The lowest BCUT2D eigenvalue weighted by Crippen LogP contribution is -2.11. The van der Waals surface area contributed by atoms with Crippen molar-refractivity contribution >= 4 is 38.5 Å². The molecule has 1 N–H and O–H groups in total. The van der Waals surface area contributed by atoms with Crippen molar-refractivity contribution in [1.29, 1.82) is 5.26 Å². The van der Waals surface area contributed by atoms with Crippen LogP contribution >= 0.6 is 15.9 Å². The van der Waals surface area contributed by atoms with Crippen molar-refractivity contribution in [1.82, 2.24) is 14.5 Å². The van der Waals surface area contributed by atoms with Crippen LogP contribution in [0.3, 0.4) is 0 Å². The van der Waals surface area contributed by atoms with Gasteiger partial charge in [-0.3, -0.25) is 4.79 Å². The number of aromatic amines is 1. The zero-order valence-corrected chi connectivity index (χ0v) is 17.4. The van der Waals surface area contributed by atoms with Gasteiger partial charge in [-0.15, -0.1) is 0 Å². The fourth-order valence-electron chi connectivity index (χ4n) is 3.17. The Kier molecular flexibility index (Phi) is 5.33. The van der Waals surface area contributed by atoms with Gasteiger partial charge in [0.2, 0.25) is 0 Å². The number of nitrogens with zero attached hydrogens (tertiary/aromatic N) is 3. The van der Waals surface area contributed by atoms with Gasteiger partial charge in [-0.1, -0.05) is 29.8 Å². The largest absolute Gasteiger partial charge is 0.348 e. The van der Waals surface area contributed by atoms with Crippen molar-refractivity contribution in [2.75, 3.05) is 0 Å². The first-order valence-electron chi connectivity index (χ1n) is 8.78. The summed E-state index contributed by atoms with van der Waals surface area (Å²) in [6, 6.07) is 9.55. The number of aromatic nitrogens is 3. The van der Waals surface area contributed by atoms with Crippen molar-refractivity contribution in [2.24, 2.45) is 5.92 Å². The van der Waals surface area contributed by atoms with Crippen LogP contribution in [0.1, 0.15) is 36.6 Å². The summed E-state index contributed by atoms with van der Waals surface area (Å²) in [4.78, 5) is 19.6. The van der Waals surface area contributed by atoms with Gasteiger partial charge in [-0.25, -0.2) is 4.98 Å². The zero-order chi connectivity index (χ0) is 19.7. The number of rotatable bonds is 4. The Morgan fingerprint density at radius 1 is 1.37 bits per heavy atom. The van der Waals surface area contributed by atoms with Gasteiger partial charge in [0.1, 0.15) is 6.07 Å². The van der Waals surface area contributed by atoms with E-state index in [1.54, 1.807) is 18.2 Å². The molecular weight excluding hydrogens is 404 g/mol. The molecule has 3 rings (SSSR count). The van der Waals surface area contributed by atoms with Gasteiger partial charge < -0.3 is 9.55 Å². The highest BCUT2D eigenvalue weighted by molar-refractivity contribution is 9.10. The summed E-state index contributed by atoms with van der Waals surface area (Å²) in [7, 11) is 0. The Bertz CT molecular complexity index is 1150. The van der Waals surface area contributed by atoms with Crippen LogP contribution in [-0.4, -0.2) is 14.5 Å². The molecule has 5 nitrogen and oxygen atoms in total. The van der Waals surface area contributed by atoms with E-state index >= 15 is 0 Å². The number of hydrogen-bond acceptors (Lipinski definition) is 3. The molecule has 0 fully saturated rings. The summed E-state index contributed by atoms with van der Waals surface area (Å²) in [6.07, 6.45) is 1.79. The molecule has 0 aliphatic carbocycles. The summed E-state index contributed by atoms with van der Waals surface area (Å²) in [6.45, 7) is 9.39. The van der Waals surface area contributed by atoms with Crippen molar-refractivity contribution in [2.45, 2.75) is 34.2 Å². The van der Waals surface area contributed by atoms with Crippen LogP contribution in [0.15, 0.2) is 33.5 Å². The van der Waals surface area contributed by atoms with E-state index in [4.69, 9.17) is 0 Å². The molecule has 2 heterocycles. The van der Waals surface area contributed by atoms with E-state index in [0.29, 0.717) is 22.4 Å². The van der Waals surface area contributed by atoms with E-state index in [-0.39, 0.29) is 11.4 Å². The zero-order valence-electron chi connectivity index (χ0n) is 15.8. The maximum Gasteiger partial charge on any atom is 0.259 e. The highest BCUT2D eigenvalue weighted by Gasteiger charge is 2.13. The number of hydrogen-bond donors (Lipinski definition) is 1. The monoisotopic (exact) mass is 424 g/mol. The molecule has 0 unspecified atom stereocenters. The number of benzene rings is 1. The highest BCUT2D eigenvalue weighted by atomic mass is 79.9. The molecular formula is C21H21BrN4O. The molecule has 2 aromatic heterocycles. The molecule has 1 aromatic carbocycles. The summed E-state index contributed by atoms with van der Waals surface area (Å²) in [5.41, 5.74) is 3.84. The van der Waals surface area contributed by atoms with Crippen LogP contribution < -0.4 is 5.56 Å². The maximum atomic E-state index is 12.4. The van der Waals surface area contributed by atoms with E-state index in [1.807, 2.05) is 13.0 Å². The van der Waals surface area contributed by atoms with Crippen LogP contribution in [-0.2, 0) is 6.54 Å². The average molecular weight is 425 g/mol. The van der Waals surface area contributed by atoms with Crippen molar-refractivity contribution in [3.05, 3.63) is 61.9 Å². The van der Waals surface area contributed by atoms with Crippen LogP contribution in [0.5, 0.6) is 0 Å². The lowest BCUT2D eigenvalue weighted by atomic mass is 10.1. The smallest absolute Gasteiger partial charge is 0.259 e. The molecule has 0 atom stereocenters. The first-order valence-corrected chi connectivity index (χ1v) is 9.58. The second-order valence-corrected chi connectivity index (χ2v) is 7.99. The minimum absolute atomic E-state index is 0.261. The number of allylic oxidation sites excluding steroid dienone is 1. The summed E-state index contributed by atoms with van der Waals surface area (Å²) >= 11 is 3.36. The maximum absolute atomic E-state index is 12.4. The van der Waals surface area contributed by atoms with E-state index in [2.05, 4.69) is 63.4 Å². The molecule has 0 spiro atoms. The molecule has 0 radical (unpaired) electrons. The summed E-state index contributed by atoms with van der Waals surface area (Å²) < 4.78 is 3.06. The second-order valence-electron chi connectivity index (χ2n) is 7.08. The van der Waals surface area contributed by atoms with Crippen molar-refractivity contribution in [3.63, 3.8) is 0 Å². The Morgan fingerprint density at radius 2 is 2.11 bits per heavy atom. The molecule has 6 heteroatoms. The number of H-pyrrole nitrogens is 1. The van der Waals surface area contributed by atoms with Gasteiger partial charge >= 0.3 is 0 Å². The third-order valence-electron chi connectivity index (χ3n) is 4.50. The summed E-state index contributed by atoms with van der Waals surface area (Å²) in [5, 5.41) is 10.2. The Morgan fingerprint density at radius 3 is 2.78 bits per heavy atom. The topological polar surface area (TPSA) is 74.5 Å². The second kappa shape index (κ2) is 7.53. The van der Waals surface area contributed by atoms with E-state index in [0.717, 1.165) is 28.0 Å². The van der Waals surface area contributed by atoms with Crippen LogP contribution in [0.2, 0.25) is 0 Å². The minimum Gasteiger partial charge on any atom is -0.348 e. The number of fused-ring (bicyclic) bond motifs is 1. The van der Waals surface area contributed by atoms with Crippen molar-refractivity contribution < 1.29 is 0 Å². The van der Waals surface area contributed by atoms with Crippen LogP contribution in [0, 0.1) is 31.1 Å². The first-order chi connectivity index (χ1) is 12.8. The summed E-state index contributed by atoms with van der Waals surface area (Å²) in [5.74, 6) is 0.811. The van der Waals surface area contributed by atoms with E-state index in [9.17, 15) is 10.1 Å². The molecule has 0 amide bonds. The average Bonchev–Trinajstić information content (AvgIpc) is 2.87. The fraction of sp³-hybridized carbons (Fsp3) is 0.286. The molecule has 27 heavy (non-hydrogen) atoms. The van der Waals surface area contributed by atoms with Gasteiger partial charge in [0.15, 0.2) is 5.82 Å². The Balaban J connectivity index is 2.11. The number of nitriles is 1. The SMILES string of the molecule is Cc1cc(/C=C(\C#N)c2nc3ccc(Br)cc3c(=O)[nH]2)c(C)n1CC(C)C. The van der Waals surface area contributed by atoms with Gasteiger partial charge in [-0.05, 0) is 55.7 Å². The molecule has 3 aromatic rings.